The number of benzene rings is 1. The highest BCUT2D eigenvalue weighted by Crippen LogP contribution is 2.21. The van der Waals surface area contributed by atoms with Gasteiger partial charge in [0.25, 0.3) is 0 Å². The number of nitrogens with zero attached hydrogens (tertiary/aromatic N) is 1. The van der Waals surface area contributed by atoms with Crippen LogP contribution in [0, 0.1) is 0 Å². The number of hydrogen-bond acceptors (Lipinski definition) is 0. The second-order valence-corrected chi connectivity index (χ2v) is 4.64. The van der Waals surface area contributed by atoms with E-state index in [1.54, 1.807) is 6.07 Å². The lowest BCUT2D eigenvalue weighted by atomic mass is 10.2. The maximum absolute atomic E-state index is 6.13. The van der Waals surface area contributed by atoms with Crippen LogP contribution in [0.3, 0.4) is 0 Å². The first-order chi connectivity index (χ1) is 8.24. The Morgan fingerprint density at radius 3 is 2.53 bits per heavy atom. The zero-order chi connectivity index (χ0) is 11.8. The summed E-state index contributed by atoms with van der Waals surface area (Å²) in [7, 11) is 0. The fourth-order valence-corrected chi connectivity index (χ4v) is 2.37. The van der Waals surface area contributed by atoms with Crippen molar-refractivity contribution in [1.82, 2.24) is 4.98 Å². The molecule has 0 aliphatic heterocycles. The average Bonchev–Trinajstić information content (AvgIpc) is 2.74. The molecule has 2 nitrogen and oxygen atoms in total. The van der Waals surface area contributed by atoms with Crippen LogP contribution in [0.15, 0.2) is 48.8 Å². The van der Waals surface area contributed by atoms with Crippen molar-refractivity contribution in [3.8, 4) is 11.3 Å². The van der Waals surface area contributed by atoms with Crippen molar-refractivity contribution in [1.29, 1.82) is 0 Å². The first-order valence-corrected chi connectivity index (χ1v) is 5.94. The molecule has 0 bridgehead atoms. The Bertz CT molecular complexity index is 674. The van der Waals surface area contributed by atoms with E-state index in [1.165, 1.54) is 0 Å². The van der Waals surface area contributed by atoms with Gasteiger partial charge in [0.15, 0.2) is 5.69 Å². The molecule has 3 aromatic rings. The van der Waals surface area contributed by atoms with Crippen molar-refractivity contribution in [2.75, 3.05) is 0 Å². The van der Waals surface area contributed by atoms with E-state index in [1.807, 2.05) is 47.1 Å². The van der Waals surface area contributed by atoms with Crippen molar-refractivity contribution >= 4 is 28.8 Å². The highest BCUT2D eigenvalue weighted by Gasteiger charge is 2.14. The van der Waals surface area contributed by atoms with E-state index >= 15 is 0 Å². The topological polar surface area (TPSA) is 19.9 Å². The van der Waals surface area contributed by atoms with E-state index in [9.17, 15) is 0 Å². The minimum absolute atomic E-state index is 0.611. The highest BCUT2D eigenvalue weighted by molar-refractivity contribution is 6.36. The van der Waals surface area contributed by atoms with E-state index in [2.05, 4.69) is 4.98 Å². The van der Waals surface area contributed by atoms with E-state index in [4.69, 9.17) is 23.2 Å². The molecule has 3 rings (SSSR count). The second-order valence-electron chi connectivity index (χ2n) is 3.80. The second kappa shape index (κ2) is 4.06. The predicted molar refractivity (Wildman–Crippen MR) is 69.4 cm³/mol. The lowest BCUT2D eigenvalue weighted by Gasteiger charge is -1.89. The number of aromatic nitrogens is 2. The first-order valence-electron chi connectivity index (χ1n) is 5.18. The van der Waals surface area contributed by atoms with Gasteiger partial charge < -0.3 is 0 Å². The number of pyridine rings is 1. The summed E-state index contributed by atoms with van der Waals surface area (Å²) in [5.41, 5.74) is 2.97. The Balaban J connectivity index is 2.24. The van der Waals surface area contributed by atoms with Gasteiger partial charge in [-0.2, -0.15) is 4.40 Å². The van der Waals surface area contributed by atoms with Crippen molar-refractivity contribution in [3.05, 3.63) is 58.8 Å². The summed E-state index contributed by atoms with van der Waals surface area (Å²) in [5, 5.41) is 1.23. The van der Waals surface area contributed by atoms with Gasteiger partial charge in [0.05, 0.1) is 5.02 Å². The number of hydrogen-bond donors (Lipinski definition) is 1. The zero-order valence-electron chi connectivity index (χ0n) is 8.82. The Morgan fingerprint density at radius 2 is 1.76 bits per heavy atom. The molecule has 0 radical (unpaired) electrons. The predicted octanol–water partition coefficient (Wildman–Crippen LogP) is 3.73. The molecule has 4 heteroatoms. The molecule has 2 aromatic heterocycles. The average molecular weight is 264 g/mol. The summed E-state index contributed by atoms with van der Waals surface area (Å²) in [4.78, 5) is 3.28. The van der Waals surface area contributed by atoms with Crippen LogP contribution in [-0.2, 0) is 0 Å². The molecule has 0 atom stereocenters. The normalized spacial score (nSPS) is 10.9. The Labute approximate surface area is 108 Å². The summed E-state index contributed by atoms with van der Waals surface area (Å²) in [6.45, 7) is 0. The maximum Gasteiger partial charge on any atom is 0.303 e. The van der Waals surface area contributed by atoms with E-state index in [0.717, 1.165) is 16.9 Å². The van der Waals surface area contributed by atoms with Gasteiger partial charge in [-0.15, -0.1) is 0 Å². The minimum atomic E-state index is 0.611. The number of imidazole rings is 1. The van der Waals surface area contributed by atoms with Crippen LogP contribution >= 0.6 is 23.2 Å². The van der Waals surface area contributed by atoms with Crippen LogP contribution in [0.5, 0.6) is 0 Å². The lowest BCUT2D eigenvalue weighted by Crippen LogP contribution is -2.17. The molecule has 0 aliphatic rings. The van der Waals surface area contributed by atoms with Crippen LogP contribution in [-0.4, -0.2) is 4.98 Å². The van der Waals surface area contributed by atoms with Crippen LogP contribution in [0.4, 0.5) is 0 Å². The number of halogens is 2. The fourth-order valence-electron chi connectivity index (χ4n) is 1.84. The molecule has 2 heterocycles. The van der Waals surface area contributed by atoms with Crippen LogP contribution in [0.25, 0.3) is 16.9 Å². The molecule has 1 N–H and O–H groups in total. The van der Waals surface area contributed by atoms with Gasteiger partial charge in [-0.25, -0.2) is 4.98 Å². The SMILES string of the molecule is Clc1cc(Cl)c2[nH]c(-c3ccccc3)c[n+]2c1. The van der Waals surface area contributed by atoms with Gasteiger partial charge in [0.1, 0.15) is 17.4 Å². The van der Waals surface area contributed by atoms with Crippen molar-refractivity contribution in [2.45, 2.75) is 0 Å². The molecule has 0 saturated heterocycles. The fraction of sp³-hybridized carbons (Fsp3) is 0. The molecule has 0 fully saturated rings. The number of H-pyrrole nitrogens is 1. The van der Waals surface area contributed by atoms with Gasteiger partial charge in [-0.3, -0.25) is 0 Å². The van der Waals surface area contributed by atoms with Crippen molar-refractivity contribution < 1.29 is 4.40 Å². The summed E-state index contributed by atoms with van der Waals surface area (Å²) < 4.78 is 1.90. The van der Waals surface area contributed by atoms with Gasteiger partial charge in [0, 0.05) is 5.56 Å². The molecular formula is C13H9Cl2N2+. The van der Waals surface area contributed by atoms with Gasteiger partial charge in [0.2, 0.25) is 0 Å². The molecule has 0 amide bonds. The molecule has 84 valence electrons. The van der Waals surface area contributed by atoms with Crippen LogP contribution in [0.1, 0.15) is 0 Å². The van der Waals surface area contributed by atoms with E-state index < -0.39 is 0 Å². The standard InChI is InChI=1S/C13H8Cl2N2/c14-10-6-11(15)13-16-12(8-17(13)7-10)9-4-2-1-3-5-9/h1-8H/p+1. The number of fused-ring (bicyclic) bond motifs is 1. The number of nitrogens with one attached hydrogen (secondary N) is 1. The summed E-state index contributed by atoms with van der Waals surface area (Å²) in [6.07, 6.45) is 3.80. The Morgan fingerprint density at radius 1 is 1.00 bits per heavy atom. The molecule has 17 heavy (non-hydrogen) atoms. The van der Waals surface area contributed by atoms with E-state index in [-0.39, 0.29) is 0 Å². The Kier molecular flexibility index (Phi) is 2.54. The Hall–Kier alpha value is -1.51. The van der Waals surface area contributed by atoms with Gasteiger partial charge >= 0.3 is 5.65 Å². The summed E-state index contributed by atoms with van der Waals surface area (Å²) in [5.74, 6) is 0. The van der Waals surface area contributed by atoms with E-state index in [0.29, 0.717) is 10.0 Å². The van der Waals surface area contributed by atoms with Crippen LogP contribution < -0.4 is 4.40 Å². The molecular weight excluding hydrogens is 255 g/mol. The molecule has 0 aliphatic carbocycles. The quantitative estimate of drug-likeness (QED) is 0.646. The minimum Gasteiger partial charge on any atom is -0.235 e. The number of rotatable bonds is 1. The van der Waals surface area contributed by atoms with Crippen LogP contribution in [0.2, 0.25) is 10.0 Å². The molecule has 0 unspecified atom stereocenters. The third-order valence-corrected chi connectivity index (χ3v) is 3.11. The van der Waals surface area contributed by atoms with Gasteiger partial charge in [-0.1, -0.05) is 53.5 Å². The molecule has 0 saturated carbocycles. The van der Waals surface area contributed by atoms with Crippen molar-refractivity contribution in [2.24, 2.45) is 0 Å². The third-order valence-electron chi connectivity index (χ3n) is 2.62. The van der Waals surface area contributed by atoms with Gasteiger partial charge in [-0.05, 0) is 6.07 Å². The lowest BCUT2D eigenvalue weighted by molar-refractivity contribution is -0.509. The molecule has 1 aromatic carbocycles. The summed E-state index contributed by atoms with van der Waals surface area (Å²) in [6, 6.07) is 11.8. The largest absolute Gasteiger partial charge is 0.303 e. The van der Waals surface area contributed by atoms with Crippen molar-refractivity contribution in [3.63, 3.8) is 0 Å². The summed E-state index contributed by atoms with van der Waals surface area (Å²) >= 11 is 12.1. The zero-order valence-corrected chi connectivity index (χ0v) is 10.3. The highest BCUT2D eigenvalue weighted by atomic mass is 35.5. The molecule has 0 spiro atoms. The third kappa shape index (κ3) is 1.90. The first kappa shape index (κ1) is 10.6. The number of aromatic amines is 1. The smallest absolute Gasteiger partial charge is 0.235 e. The maximum atomic E-state index is 6.13. The monoisotopic (exact) mass is 263 g/mol.